The van der Waals surface area contributed by atoms with Crippen molar-refractivity contribution in [2.45, 2.75) is 6.04 Å². The van der Waals surface area contributed by atoms with Crippen LogP contribution >= 0.6 is 0 Å². The van der Waals surface area contributed by atoms with Crippen LogP contribution in [0, 0.1) is 0 Å². The molecule has 0 aliphatic carbocycles. The molecule has 0 bridgehead atoms. The third-order valence-electron chi connectivity index (χ3n) is 6.99. The maximum atomic E-state index is 13.7. The number of carbonyl (C=O) groups excluding carboxylic acids is 2. The van der Waals surface area contributed by atoms with Crippen molar-refractivity contribution in [1.29, 1.82) is 0 Å². The van der Waals surface area contributed by atoms with Crippen molar-refractivity contribution in [2.24, 2.45) is 0 Å². The number of carbonyl (C=O) groups is 2. The molecule has 1 N–H and O–H groups in total. The molecule has 39 heavy (non-hydrogen) atoms. The van der Waals surface area contributed by atoms with E-state index in [0.29, 0.717) is 36.7 Å². The first-order chi connectivity index (χ1) is 19.1. The number of rotatable bonds is 6. The summed E-state index contributed by atoms with van der Waals surface area (Å²) in [6.07, 6.45) is 0. The van der Waals surface area contributed by atoms with E-state index in [1.165, 1.54) is 0 Å². The van der Waals surface area contributed by atoms with E-state index in [4.69, 9.17) is 9.47 Å². The molecule has 1 fully saturated rings. The number of nitrogens with zero attached hydrogens (tertiary/aromatic N) is 2. The number of piperazine rings is 1. The highest BCUT2D eigenvalue weighted by Gasteiger charge is 2.34. The van der Waals surface area contributed by atoms with E-state index in [-0.39, 0.29) is 18.0 Å². The molecule has 198 valence electrons. The van der Waals surface area contributed by atoms with Crippen LogP contribution in [0.25, 0.3) is 11.1 Å². The summed E-state index contributed by atoms with van der Waals surface area (Å²) in [6, 6.07) is 32.4. The third-order valence-corrected chi connectivity index (χ3v) is 6.99. The highest BCUT2D eigenvalue weighted by atomic mass is 16.5. The number of ether oxygens (including phenoxy) is 2. The first-order valence-electron chi connectivity index (χ1n) is 12.9. The van der Waals surface area contributed by atoms with Crippen LogP contribution in [0.4, 0.5) is 10.5 Å². The Morgan fingerprint density at radius 3 is 2.05 bits per heavy atom. The average Bonchev–Trinajstić information content (AvgIpc) is 3.01. The molecule has 5 rings (SSSR count). The van der Waals surface area contributed by atoms with E-state index in [2.05, 4.69) is 17.4 Å². The number of methoxy groups -OCH3 is 2. The quantitative estimate of drug-likeness (QED) is 0.333. The predicted molar refractivity (Wildman–Crippen MR) is 152 cm³/mol. The zero-order valence-corrected chi connectivity index (χ0v) is 22.0. The van der Waals surface area contributed by atoms with Crippen molar-refractivity contribution in [1.82, 2.24) is 9.80 Å². The van der Waals surface area contributed by atoms with Gasteiger partial charge in [-0.05, 0) is 47.0 Å². The Morgan fingerprint density at radius 1 is 0.744 bits per heavy atom. The zero-order chi connectivity index (χ0) is 27.2. The molecular formula is C32H31N3O4. The van der Waals surface area contributed by atoms with Crippen molar-refractivity contribution < 1.29 is 19.1 Å². The Balaban J connectivity index is 1.33. The van der Waals surface area contributed by atoms with Gasteiger partial charge in [0.2, 0.25) is 0 Å². The lowest BCUT2D eigenvalue weighted by Gasteiger charge is -2.41. The monoisotopic (exact) mass is 521 g/mol. The summed E-state index contributed by atoms with van der Waals surface area (Å²) in [4.78, 5) is 30.6. The van der Waals surface area contributed by atoms with Crippen LogP contribution in [-0.2, 0) is 0 Å². The van der Waals surface area contributed by atoms with E-state index < -0.39 is 0 Å². The van der Waals surface area contributed by atoms with Gasteiger partial charge in [-0.2, -0.15) is 0 Å². The molecule has 0 saturated carbocycles. The number of nitrogens with one attached hydrogen (secondary N) is 1. The molecule has 7 nitrogen and oxygen atoms in total. The van der Waals surface area contributed by atoms with Crippen molar-refractivity contribution >= 4 is 17.6 Å². The van der Waals surface area contributed by atoms with Gasteiger partial charge in [0.1, 0.15) is 0 Å². The number of anilines is 1. The average molecular weight is 522 g/mol. The van der Waals surface area contributed by atoms with Gasteiger partial charge in [0.25, 0.3) is 5.91 Å². The minimum atomic E-state index is -0.299. The summed E-state index contributed by atoms with van der Waals surface area (Å²) in [5.74, 6) is 0.934. The highest BCUT2D eigenvalue weighted by molar-refractivity contribution is 5.96. The molecule has 0 aromatic heterocycles. The predicted octanol–water partition coefficient (Wildman–Crippen LogP) is 6.10. The molecule has 4 aromatic carbocycles. The second-order valence-corrected chi connectivity index (χ2v) is 9.31. The molecule has 1 heterocycles. The summed E-state index contributed by atoms with van der Waals surface area (Å²) in [7, 11) is 3.11. The van der Waals surface area contributed by atoms with Gasteiger partial charge in [0.15, 0.2) is 11.5 Å². The first kappa shape index (κ1) is 25.9. The molecular weight excluding hydrogens is 490 g/mol. The molecule has 1 saturated heterocycles. The smallest absolute Gasteiger partial charge is 0.321 e. The molecule has 4 aromatic rings. The molecule has 3 amide bonds. The number of hydrogen-bond acceptors (Lipinski definition) is 4. The molecule has 0 radical (unpaired) electrons. The summed E-state index contributed by atoms with van der Waals surface area (Å²) < 4.78 is 10.7. The lowest BCUT2D eigenvalue weighted by atomic mass is 10.0. The molecule has 0 spiro atoms. The van der Waals surface area contributed by atoms with Gasteiger partial charge < -0.3 is 24.6 Å². The Kier molecular flexibility index (Phi) is 7.78. The normalized spacial score (nSPS) is 15.0. The van der Waals surface area contributed by atoms with Gasteiger partial charge in [-0.3, -0.25) is 4.79 Å². The van der Waals surface area contributed by atoms with Crippen molar-refractivity contribution in [3.05, 3.63) is 114 Å². The fraction of sp³-hybridized carbons (Fsp3) is 0.188. The minimum absolute atomic E-state index is 0.124. The molecule has 1 unspecified atom stereocenters. The Morgan fingerprint density at radius 2 is 1.38 bits per heavy atom. The minimum Gasteiger partial charge on any atom is -0.493 e. The second-order valence-electron chi connectivity index (χ2n) is 9.31. The number of urea groups is 1. The van der Waals surface area contributed by atoms with E-state index in [1.807, 2.05) is 77.7 Å². The largest absolute Gasteiger partial charge is 0.493 e. The molecule has 1 aliphatic rings. The van der Waals surface area contributed by atoms with Gasteiger partial charge >= 0.3 is 6.03 Å². The standard InChI is InChI=1S/C32H31N3O4/c1-38-29-18-15-26(21-30(29)39-2)31(36)35-20-19-34(22-28(35)25-11-7-4-8-12-25)32(37)33-27-16-13-24(14-17-27)23-9-5-3-6-10-23/h3-18,21,28H,19-20,22H2,1-2H3,(H,33,37). The molecule has 1 aliphatic heterocycles. The molecule has 1 atom stereocenters. The summed E-state index contributed by atoms with van der Waals surface area (Å²) in [5.41, 5.74) is 4.40. The zero-order valence-electron chi connectivity index (χ0n) is 22.0. The van der Waals surface area contributed by atoms with Crippen LogP contribution in [0.1, 0.15) is 22.0 Å². The van der Waals surface area contributed by atoms with E-state index in [0.717, 1.165) is 22.4 Å². The fourth-order valence-electron chi connectivity index (χ4n) is 4.89. The summed E-state index contributed by atoms with van der Waals surface area (Å²) >= 11 is 0. The van der Waals surface area contributed by atoms with Crippen LogP contribution in [0.15, 0.2) is 103 Å². The first-order valence-corrected chi connectivity index (χ1v) is 12.9. The maximum Gasteiger partial charge on any atom is 0.321 e. The maximum absolute atomic E-state index is 13.7. The SMILES string of the molecule is COc1ccc(C(=O)N2CCN(C(=O)Nc3ccc(-c4ccccc4)cc3)CC2c2ccccc2)cc1OC. The number of benzene rings is 4. The van der Waals surface area contributed by atoms with Gasteiger partial charge in [-0.25, -0.2) is 4.79 Å². The van der Waals surface area contributed by atoms with Crippen LogP contribution in [0.2, 0.25) is 0 Å². The van der Waals surface area contributed by atoms with E-state index in [9.17, 15) is 9.59 Å². The summed E-state index contributed by atoms with van der Waals surface area (Å²) in [5, 5.41) is 3.02. The summed E-state index contributed by atoms with van der Waals surface area (Å²) in [6.45, 7) is 1.18. The van der Waals surface area contributed by atoms with Gasteiger partial charge in [0.05, 0.1) is 20.3 Å². The second kappa shape index (κ2) is 11.7. The van der Waals surface area contributed by atoms with Gasteiger partial charge in [0, 0.05) is 30.9 Å². The lowest BCUT2D eigenvalue weighted by molar-refractivity contribution is 0.0516. The van der Waals surface area contributed by atoms with Crippen LogP contribution in [-0.4, -0.2) is 55.6 Å². The van der Waals surface area contributed by atoms with Crippen molar-refractivity contribution in [2.75, 3.05) is 39.2 Å². The Bertz CT molecular complexity index is 1430. The van der Waals surface area contributed by atoms with Crippen molar-refractivity contribution in [3.8, 4) is 22.6 Å². The molecule has 7 heteroatoms. The lowest BCUT2D eigenvalue weighted by Crippen LogP contribution is -2.53. The fourth-order valence-corrected chi connectivity index (χ4v) is 4.89. The van der Waals surface area contributed by atoms with E-state index >= 15 is 0 Å². The van der Waals surface area contributed by atoms with Gasteiger partial charge in [-0.1, -0.05) is 72.8 Å². The Labute approximate surface area is 228 Å². The number of hydrogen-bond donors (Lipinski definition) is 1. The Hall–Kier alpha value is -4.78. The topological polar surface area (TPSA) is 71.1 Å². The third kappa shape index (κ3) is 5.72. The van der Waals surface area contributed by atoms with Crippen molar-refractivity contribution in [3.63, 3.8) is 0 Å². The number of amides is 3. The van der Waals surface area contributed by atoms with Crippen LogP contribution < -0.4 is 14.8 Å². The van der Waals surface area contributed by atoms with Crippen LogP contribution in [0.5, 0.6) is 11.5 Å². The van der Waals surface area contributed by atoms with Gasteiger partial charge in [-0.15, -0.1) is 0 Å². The van der Waals surface area contributed by atoms with E-state index in [1.54, 1.807) is 37.3 Å². The highest BCUT2D eigenvalue weighted by Crippen LogP contribution is 2.32. The van der Waals surface area contributed by atoms with Crippen LogP contribution in [0.3, 0.4) is 0 Å².